The SMILES string of the molecule is CNCSC1CCCC1Cl. The third-order valence-corrected chi connectivity index (χ3v) is 3.93. The molecule has 1 aliphatic rings. The van der Waals surface area contributed by atoms with Crippen molar-refractivity contribution < 1.29 is 0 Å². The Balaban J connectivity index is 2.14. The monoisotopic (exact) mass is 179 g/mol. The largest absolute Gasteiger partial charge is 0.311 e. The van der Waals surface area contributed by atoms with Crippen molar-refractivity contribution in [2.75, 3.05) is 12.9 Å². The van der Waals surface area contributed by atoms with Gasteiger partial charge in [0.15, 0.2) is 0 Å². The molecule has 10 heavy (non-hydrogen) atoms. The Morgan fingerprint density at radius 2 is 2.40 bits per heavy atom. The Kier molecular flexibility index (Phi) is 3.89. The van der Waals surface area contributed by atoms with E-state index in [2.05, 4.69) is 5.32 Å². The Labute approximate surface area is 71.9 Å². The lowest BCUT2D eigenvalue weighted by molar-refractivity contribution is 0.887. The van der Waals surface area contributed by atoms with Crippen molar-refractivity contribution in [3.8, 4) is 0 Å². The summed E-state index contributed by atoms with van der Waals surface area (Å²) in [5, 5.41) is 4.25. The lowest BCUT2D eigenvalue weighted by atomic mass is 10.4. The first-order valence-electron chi connectivity index (χ1n) is 3.75. The van der Waals surface area contributed by atoms with Crippen molar-refractivity contribution in [2.24, 2.45) is 0 Å². The molecule has 1 aliphatic carbocycles. The summed E-state index contributed by atoms with van der Waals surface area (Å²) in [6.45, 7) is 0. The van der Waals surface area contributed by atoms with Gasteiger partial charge in [-0.25, -0.2) is 0 Å². The zero-order valence-electron chi connectivity index (χ0n) is 6.27. The topological polar surface area (TPSA) is 12.0 Å². The van der Waals surface area contributed by atoms with Crippen LogP contribution < -0.4 is 5.32 Å². The first-order valence-corrected chi connectivity index (χ1v) is 5.23. The van der Waals surface area contributed by atoms with Crippen molar-refractivity contribution in [1.29, 1.82) is 0 Å². The molecule has 1 fully saturated rings. The Bertz CT molecular complexity index is 99.6. The van der Waals surface area contributed by atoms with Crippen LogP contribution >= 0.6 is 23.4 Å². The molecule has 1 N–H and O–H groups in total. The fraction of sp³-hybridized carbons (Fsp3) is 1.00. The van der Waals surface area contributed by atoms with Gasteiger partial charge in [-0.05, 0) is 19.9 Å². The Morgan fingerprint density at radius 3 is 2.90 bits per heavy atom. The molecule has 0 heterocycles. The summed E-state index contributed by atoms with van der Waals surface area (Å²) in [6, 6.07) is 0. The molecule has 0 amide bonds. The summed E-state index contributed by atoms with van der Waals surface area (Å²) in [6.07, 6.45) is 3.83. The molecule has 0 spiro atoms. The van der Waals surface area contributed by atoms with Crippen molar-refractivity contribution >= 4 is 23.4 Å². The van der Waals surface area contributed by atoms with E-state index in [1.807, 2.05) is 18.8 Å². The van der Waals surface area contributed by atoms with Gasteiger partial charge in [-0.1, -0.05) is 6.42 Å². The van der Waals surface area contributed by atoms with E-state index in [1.165, 1.54) is 19.3 Å². The minimum atomic E-state index is 0.429. The number of alkyl halides is 1. The maximum Gasteiger partial charge on any atom is 0.0455 e. The highest BCUT2D eigenvalue weighted by Crippen LogP contribution is 2.32. The van der Waals surface area contributed by atoms with E-state index < -0.39 is 0 Å². The molecule has 0 aromatic carbocycles. The fourth-order valence-corrected chi connectivity index (χ4v) is 2.82. The molecule has 0 radical (unpaired) electrons. The van der Waals surface area contributed by atoms with Crippen LogP contribution in [0.2, 0.25) is 0 Å². The molecule has 0 bridgehead atoms. The van der Waals surface area contributed by atoms with Gasteiger partial charge < -0.3 is 5.32 Å². The van der Waals surface area contributed by atoms with Gasteiger partial charge >= 0.3 is 0 Å². The molecule has 2 atom stereocenters. The van der Waals surface area contributed by atoms with Crippen LogP contribution in [-0.4, -0.2) is 23.6 Å². The van der Waals surface area contributed by atoms with Gasteiger partial charge in [0, 0.05) is 16.5 Å². The molecule has 0 aromatic rings. The predicted octanol–water partition coefficient (Wildman–Crippen LogP) is 2.06. The van der Waals surface area contributed by atoms with Crippen LogP contribution in [0, 0.1) is 0 Å². The van der Waals surface area contributed by atoms with Crippen LogP contribution in [0.15, 0.2) is 0 Å². The maximum absolute atomic E-state index is 6.07. The third kappa shape index (κ3) is 2.33. The number of thioether (sulfide) groups is 1. The van der Waals surface area contributed by atoms with Gasteiger partial charge in [-0.3, -0.25) is 0 Å². The summed E-state index contributed by atoms with van der Waals surface area (Å²) < 4.78 is 0. The van der Waals surface area contributed by atoms with Crippen molar-refractivity contribution in [2.45, 2.75) is 29.9 Å². The van der Waals surface area contributed by atoms with Crippen molar-refractivity contribution in [3.05, 3.63) is 0 Å². The van der Waals surface area contributed by atoms with Crippen LogP contribution in [0.25, 0.3) is 0 Å². The molecule has 1 saturated carbocycles. The average Bonchev–Trinajstić information content (AvgIpc) is 2.31. The van der Waals surface area contributed by atoms with E-state index in [4.69, 9.17) is 11.6 Å². The Hall–Kier alpha value is 0.600. The predicted molar refractivity (Wildman–Crippen MR) is 48.8 cm³/mol. The van der Waals surface area contributed by atoms with Gasteiger partial charge in [0.1, 0.15) is 0 Å². The number of hydrogen-bond acceptors (Lipinski definition) is 2. The van der Waals surface area contributed by atoms with Crippen molar-refractivity contribution in [3.63, 3.8) is 0 Å². The van der Waals surface area contributed by atoms with E-state index in [0.29, 0.717) is 10.6 Å². The third-order valence-electron chi connectivity index (χ3n) is 1.81. The van der Waals surface area contributed by atoms with Gasteiger partial charge in [0.25, 0.3) is 0 Å². The molecule has 1 nitrogen and oxygen atoms in total. The first kappa shape index (κ1) is 8.69. The fourth-order valence-electron chi connectivity index (χ4n) is 1.26. The highest BCUT2D eigenvalue weighted by molar-refractivity contribution is 7.99. The van der Waals surface area contributed by atoms with Crippen molar-refractivity contribution in [1.82, 2.24) is 5.32 Å². The minimum Gasteiger partial charge on any atom is -0.311 e. The van der Waals surface area contributed by atoms with Gasteiger partial charge in [-0.15, -0.1) is 23.4 Å². The number of hydrogen-bond donors (Lipinski definition) is 1. The smallest absolute Gasteiger partial charge is 0.0455 e. The van der Waals surface area contributed by atoms with Gasteiger partial charge in [0.05, 0.1) is 0 Å². The molecule has 2 unspecified atom stereocenters. The van der Waals surface area contributed by atoms with E-state index in [9.17, 15) is 0 Å². The second kappa shape index (κ2) is 4.47. The highest BCUT2D eigenvalue weighted by Gasteiger charge is 2.24. The molecule has 0 saturated heterocycles. The lowest BCUT2D eigenvalue weighted by Crippen LogP contribution is -2.14. The molecular weight excluding hydrogens is 166 g/mol. The van der Waals surface area contributed by atoms with Gasteiger partial charge in [-0.2, -0.15) is 0 Å². The average molecular weight is 180 g/mol. The van der Waals surface area contributed by atoms with E-state index in [1.54, 1.807) is 0 Å². The summed E-state index contributed by atoms with van der Waals surface area (Å²) in [7, 11) is 1.98. The minimum absolute atomic E-state index is 0.429. The van der Waals surface area contributed by atoms with Crippen LogP contribution in [0.1, 0.15) is 19.3 Å². The summed E-state index contributed by atoms with van der Waals surface area (Å²) in [5.41, 5.74) is 0. The summed E-state index contributed by atoms with van der Waals surface area (Å²) in [4.78, 5) is 0. The molecule has 3 heteroatoms. The number of rotatable bonds is 3. The molecule has 0 aliphatic heterocycles. The molecular formula is C7H14ClNS. The van der Waals surface area contributed by atoms with Crippen LogP contribution in [0.5, 0.6) is 0 Å². The van der Waals surface area contributed by atoms with E-state index in [0.717, 1.165) is 5.88 Å². The summed E-state index contributed by atoms with van der Waals surface area (Å²) in [5.74, 6) is 1.04. The van der Waals surface area contributed by atoms with Crippen LogP contribution in [0.4, 0.5) is 0 Å². The van der Waals surface area contributed by atoms with Crippen LogP contribution in [-0.2, 0) is 0 Å². The van der Waals surface area contributed by atoms with E-state index >= 15 is 0 Å². The van der Waals surface area contributed by atoms with E-state index in [-0.39, 0.29) is 0 Å². The Morgan fingerprint density at radius 1 is 1.60 bits per heavy atom. The molecule has 1 rings (SSSR count). The summed E-state index contributed by atoms with van der Waals surface area (Å²) >= 11 is 8.01. The second-order valence-electron chi connectivity index (χ2n) is 2.65. The van der Waals surface area contributed by atoms with Gasteiger partial charge in [0.2, 0.25) is 0 Å². The number of nitrogens with one attached hydrogen (secondary N) is 1. The number of halogens is 1. The zero-order chi connectivity index (χ0) is 7.40. The maximum atomic E-state index is 6.07. The zero-order valence-corrected chi connectivity index (χ0v) is 7.84. The van der Waals surface area contributed by atoms with Crippen LogP contribution in [0.3, 0.4) is 0 Å². The lowest BCUT2D eigenvalue weighted by Gasteiger charge is -2.11. The quantitative estimate of drug-likeness (QED) is 0.526. The highest BCUT2D eigenvalue weighted by atomic mass is 35.5. The second-order valence-corrected chi connectivity index (χ2v) is 4.44. The normalized spacial score (nSPS) is 33.0. The first-order chi connectivity index (χ1) is 4.84. The molecule has 60 valence electrons. The standard InChI is InChI=1S/C7H14ClNS/c1-9-5-10-7-4-2-3-6(7)8/h6-7,9H,2-5H2,1H3. The molecule has 0 aromatic heterocycles.